The Labute approximate surface area is 139 Å². The van der Waals surface area contributed by atoms with Crippen molar-refractivity contribution in [1.82, 2.24) is 20.4 Å². The third kappa shape index (κ3) is 3.80. The van der Waals surface area contributed by atoms with Crippen molar-refractivity contribution in [1.29, 1.82) is 0 Å². The average molecular weight is 341 g/mol. The average Bonchev–Trinajstić information content (AvgIpc) is 2.88. The molecule has 0 aliphatic heterocycles. The van der Waals surface area contributed by atoms with Crippen LogP contribution in [0.25, 0.3) is 0 Å². The van der Waals surface area contributed by atoms with Crippen molar-refractivity contribution in [2.24, 2.45) is 7.05 Å². The summed E-state index contributed by atoms with van der Waals surface area (Å²) in [6.45, 7) is 1.87. The molecule has 118 valence electrons. The minimum Gasteiger partial charge on any atom is -0.348 e. The molecule has 2 N–H and O–H groups in total. The van der Waals surface area contributed by atoms with E-state index in [2.05, 4.69) is 15.7 Å². The zero-order chi connectivity index (χ0) is 16.3. The summed E-state index contributed by atoms with van der Waals surface area (Å²) in [5, 5.41) is 11.2. The normalized spacial score (nSPS) is 13.7. The quantitative estimate of drug-likeness (QED) is 0.879. The smallest absolute Gasteiger partial charge is 0.242 e. The molecule has 2 aromatic rings. The predicted molar refractivity (Wildman–Crippen MR) is 88.0 cm³/mol. The van der Waals surface area contributed by atoms with Gasteiger partial charge in [-0.25, -0.2) is 0 Å². The molecule has 0 radical (unpaired) electrons. The van der Waals surface area contributed by atoms with E-state index in [1.807, 2.05) is 14.0 Å². The van der Waals surface area contributed by atoms with Crippen LogP contribution >= 0.6 is 23.2 Å². The number of nitrogens with zero attached hydrogens (tertiary/aromatic N) is 2. The number of hydrogen-bond acceptors (Lipinski definition) is 3. The number of likely N-dealkylation sites (N-methyl/N-ethyl adjacent to an activating group) is 1. The second-order valence-corrected chi connectivity index (χ2v) is 5.91. The maximum Gasteiger partial charge on any atom is 0.242 e. The van der Waals surface area contributed by atoms with Crippen molar-refractivity contribution in [3.63, 3.8) is 0 Å². The highest BCUT2D eigenvalue weighted by atomic mass is 35.5. The Kier molecular flexibility index (Phi) is 5.45. The van der Waals surface area contributed by atoms with Crippen LogP contribution in [-0.4, -0.2) is 22.7 Å². The lowest BCUT2D eigenvalue weighted by Gasteiger charge is -2.20. The summed E-state index contributed by atoms with van der Waals surface area (Å²) in [4.78, 5) is 12.5. The van der Waals surface area contributed by atoms with E-state index in [4.69, 9.17) is 23.2 Å². The first-order valence-corrected chi connectivity index (χ1v) is 7.59. The van der Waals surface area contributed by atoms with E-state index < -0.39 is 6.04 Å². The van der Waals surface area contributed by atoms with Crippen LogP contribution in [0.15, 0.2) is 30.6 Å². The molecule has 1 aromatic heterocycles. The van der Waals surface area contributed by atoms with Gasteiger partial charge in [-0.15, -0.1) is 0 Å². The Morgan fingerprint density at radius 3 is 2.68 bits per heavy atom. The fourth-order valence-corrected chi connectivity index (χ4v) is 2.72. The molecular formula is C15H18Cl2N4O. The summed E-state index contributed by atoms with van der Waals surface area (Å²) in [6.07, 6.45) is 3.47. The van der Waals surface area contributed by atoms with Crippen molar-refractivity contribution in [2.75, 3.05) is 7.05 Å². The maximum absolute atomic E-state index is 12.5. The summed E-state index contributed by atoms with van der Waals surface area (Å²) >= 11 is 12.2. The standard InChI is InChI=1S/C15H18Cl2N4O/c1-9(12-6-11(16)4-5-13(12)17)20-15(22)14(18-2)10-7-19-21(3)8-10/h4-9,14,18H,1-3H3,(H,20,22). The summed E-state index contributed by atoms with van der Waals surface area (Å²) in [5.41, 5.74) is 1.58. The molecule has 0 aliphatic carbocycles. The van der Waals surface area contributed by atoms with Crippen LogP contribution in [0.1, 0.15) is 30.1 Å². The number of hydrogen-bond donors (Lipinski definition) is 2. The van der Waals surface area contributed by atoms with Crippen LogP contribution < -0.4 is 10.6 Å². The Morgan fingerprint density at radius 2 is 2.09 bits per heavy atom. The summed E-state index contributed by atoms with van der Waals surface area (Å²) in [5.74, 6) is -0.154. The van der Waals surface area contributed by atoms with Crippen LogP contribution in [0.4, 0.5) is 0 Å². The summed E-state index contributed by atoms with van der Waals surface area (Å²) in [7, 11) is 3.54. The second kappa shape index (κ2) is 7.13. The minimum absolute atomic E-state index is 0.154. The van der Waals surface area contributed by atoms with Gasteiger partial charge < -0.3 is 10.6 Å². The van der Waals surface area contributed by atoms with E-state index in [1.54, 1.807) is 42.3 Å². The third-order valence-electron chi connectivity index (χ3n) is 3.39. The SMILES string of the molecule is CNC(C(=O)NC(C)c1cc(Cl)ccc1Cl)c1cnn(C)c1. The number of benzene rings is 1. The lowest BCUT2D eigenvalue weighted by Crippen LogP contribution is -2.37. The molecule has 0 spiro atoms. The molecule has 0 fully saturated rings. The number of amides is 1. The summed E-state index contributed by atoms with van der Waals surface area (Å²) in [6, 6.07) is 4.46. The van der Waals surface area contributed by atoms with Gasteiger partial charge in [-0.2, -0.15) is 5.10 Å². The monoisotopic (exact) mass is 340 g/mol. The van der Waals surface area contributed by atoms with E-state index in [0.29, 0.717) is 10.0 Å². The van der Waals surface area contributed by atoms with Crippen LogP contribution in [0.5, 0.6) is 0 Å². The molecule has 0 aliphatic rings. The van der Waals surface area contributed by atoms with Crippen LogP contribution in [0.2, 0.25) is 10.0 Å². The van der Waals surface area contributed by atoms with Crippen molar-refractivity contribution >= 4 is 29.1 Å². The van der Waals surface area contributed by atoms with Gasteiger partial charge in [0.1, 0.15) is 6.04 Å². The Morgan fingerprint density at radius 1 is 1.36 bits per heavy atom. The molecule has 1 amide bonds. The number of aryl methyl sites for hydroxylation is 1. The highest BCUT2D eigenvalue weighted by Gasteiger charge is 2.22. The number of halogens is 2. The molecule has 0 bridgehead atoms. The lowest BCUT2D eigenvalue weighted by atomic mass is 10.1. The zero-order valence-corrected chi connectivity index (χ0v) is 14.1. The molecule has 7 heteroatoms. The molecule has 2 rings (SSSR count). The first-order valence-electron chi connectivity index (χ1n) is 6.83. The Hall–Kier alpha value is -1.56. The van der Waals surface area contributed by atoms with E-state index in [-0.39, 0.29) is 11.9 Å². The highest BCUT2D eigenvalue weighted by molar-refractivity contribution is 6.33. The second-order valence-electron chi connectivity index (χ2n) is 5.07. The van der Waals surface area contributed by atoms with Gasteiger partial charge in [0.2, 0.25) is 5.91 Å². The topological polar surface area (TPSA) is 59.0 Å². The number of carbonyl (C=O) groups excluding carboxylic acids is 1. The molecule has 2 unspecified atom stereocenters. The van der Waals surface area contributed by atoms with Gasteiger partial charge in [-0.3, -0.25) is 9.48 Å². The molecule has 1 heterocycles. The highest BCUT2D eigenvalue weighted by Crippen LogP contribution is 2.26. The molecule has 0 saturated heterocycles. The van der Waals surface area contributed by atoms with E-state index in [0.717, 1.165) is 11.1 Å². The van der Waals surface area contributed by atoms with Crippen molar-refractivity contribution in [3.05, 3.63) is 51.8 Å². The first-order chi connectivity index (χ1) is 10.4. The number of nitrogens with one attached hydrogen (secondary N) is 2. The number of carbonyl (C=O) groups is 1. The van der Waals surface area contributed by atoms with Crippen LogP contribution in [-0.2, 0) is 11.8 Å². The van der Waals surface area contributed by atoms with Crippen molar-refractivity contribution in [3.8, 4) is 0 Å². The Bertz CT molecular complexity index is 671. The first kappa shape index (κ1) is 16.8. The fraction of sp³-hybridized carbons (Fsp3) is 0.333. The number of rotatable bonds is 5. The lowest BCUT2D eigenvalue weighted by molar-refractivity contribution is -0.123. The van der Waals surface area contributed by atoms with Gasteiger partial charge in [0.05, 0.1) is 12.2 Å². The summed E-state index contributed by atoms with van der Waals surface area (Å²) < 4.78 is 1.66. The van der Waals surface area contributed by atoms with Crippen LogP contribution in [0.3, 0.4) is 0 Å². The van der Waals surface area contributed by atoms with Gasteiger partial charge in [0.15, 0.2) is 0 Å². The van der Waals surface area contributed by atoms with Crippen molar-refractivity contribution < 1.29 is 4.79 Å². The minimum atomic E-state index is -0.478. The van der Waals surface area contributed by atoms with Gasteiger partial charge in [-0.1, -0.05) is 23.2 Å². The number of aromatic nitrogens is 2. The van der Waals surface area contributed by atoms with E-state index in [1.165, 1.54) is 0 Å². The molecular weight excluding hydrogens is 323 g/mol. The fourth-order valence-electron chi connectivity index (χ4n) is 2.26. The molecule has 5 nitrogen and oxygen atoms in total. The van der Waals surface area contributed by atoms with Gasteiger partial charge in [0.25, 0.3) is 0 Å². The zero-order valence-electron chi connectivity index (χ0n) is 12.6. The van der Waals surface area contributed by atoms with E-state index in [9.17, 15) is 4.79 Å². The largest absolute Gasteiger partial charge is 0.348 e. The molecule has 0 saturated carbocycles. The molecule has 22 heavy (non-hydrogen) atoms. The van der Waals surface area contributed by atoms with Gasteiger partial charge >= 0.3 is 0 Å². The van der Waals surface area contributed by atoms with Crippen LogP contribution in [0, 0.1) is 0 Å². The van der Waals surface area contributed by atoms with E-state index >= 15 is 0 Å². The predicted octanol–water partition coefficient (Wildman–Crippen LogP) is 2.86. The van der Waals surface area contributed by atoms with Gasteiger partial charge in [0, 0.05) is 28.9 Å². The van der Waals surface area contributed by atoms with Crippen molar-refractivity contribution in [2.45, 2.75) is 19.0 Å². The maximum atomic E-state index is 12.5. The molecule has 1 aromatic carbocycles. The third-order valence-corrected chi connectivity index (χ3v) is 3.97. The molecule has 2 atom stereocenters. The Balaban J connectivity index is 2.14. The van der Waals surface area contributed by atoms with Gasteiger partial charge in [-0.05, 0) is 37.7 Å².